The Morgan fingerprint density at radius 2 is 1.84 bits per heavy atom. The smallest absolute Gasteiger partial charge is 0.310 e. The van der Waals surface area contributed by atoms with Gasteiger partial charge in [-0.25, -0.2) is 0 Å². The molecular formula is C14H19BrF3N. The molecule has 0 bridgehead atoms. The van der Waals surface area contributed by atoms with Crippen LogP contribution in [-0.2, 0) is 0 Å². The third-order valence-electron chi connectivity index (χ3n) is 2.87. The number of benzene rings is 1. The Morgan fingerprint density at radius 1 is 1.21 bits per heavy atom. The van der Waals surface area contributed by atoms with Crippen LogP contribution in [0.3, 0.4) is 0 Å². The molecule has 1 unspecified atom stereocenters. The van der Waals surface area contributed by atoms with Gasteiger partial charge >= 0.3 is 6.18 Å². The molecule has 0 aliphatic heterocycles. The minimum atomic E-state index is -4.06. The van der Waals surface area contributed by atoms with Crippen molar-refractivity contribution >= 4 is 15.9 Å². The van der Waals surface area contributed by atoms with Crippen LogP contribution in [0.25, 0.3) is 0 Å². The van der Waals surface area contributed by atoms with Crippen molar-refractivity contribution in [3.05, 3.63) is 34.3 Å². The van der Waals surface area contributed by atoms with Crippen LogP contribution in [0.4, 0.5) is 13.2 Å². The van der Waals surface area contributed by atoms with Crippen molar-refractivity contribution in [3.63, 3.8) is 0 Å². The summed E-state index contributed by atoms with van der Waals surface area (Å²) in [4.78, 5) is 0. The summed E-state index contributed by atoms with van der Waals surface area (Å²) < 4.78 is 37.5. The monoisotopic (exact) mass is 337 g/mol. The SMILES string of the molecule is CCCNC(CCCC(F)(F)F)c1ccc(Br)cc1. The third kappa shape index (κ3) is 6.97. The second-order valence-electron chi connectivity index (χ2n) is 4.57. The predicted octanol–water partition coefficient (Wildman–Crippen LogP) is 5.22. The first-order valence-electron chi connectivity index (χ1n) is 6.48. The molecule has 0 spiro atoms. The van der Waals surface area contributed by atoms with E-state index in [4.69, 9.17) is 0 Å². The lowest BCUT2D eigenvalue weighted by Gasteiger charge is -2.19. The van der Waals surface area contributed by atoms with Crippen molar-refractivity contribution < 1.29 is 13.2 Å². The zero-order chi connectivity index (χ0) is 14.3. The lowest BCUT2D eigenvalue weighted by Crippen LogP contribution is -2.22. The molecule has 1 aromatic rings. The van der Waals surface area contributed by atoms with Gasteiger partial charge in [-0.1, -0.05) is 35.0 Å². The minimum absolute atomic E-state index is 0.00426. The lowest BCUT2D eigenvalue weighted by atomic mass is 10.0. The van der Waals surface area contributed by atoms with Gasteiger partial charge in [0.15, 0.2) is 0 Å². The predicted molar refractivity (Wildman–Crippen MR) is 75.1 cm³/mol. The molecule has 0 aliphatic rings. The zero-order valence-corrected chi connectivity index (χ0v) is 12.5. The highest BCUT2D eigenvalue weighted by atomic mass is 79.9. The Labute approximate surface area is 120 Å². The zero-order valence-electron chi connectivity index (χ0n) is 10.9. The molecular weight excluding hydrogens is 319 g/mol. The summed E-state index contributed by atoms with van der Waals surface area (Å²) in [5.74, 6) is 0. The van der Waals surface area contributed by atoms with E-state index in [1.807, 2.05) is 31.2 Å². The lowest BCUT2D eigenvalue weighted by molar-refractivity contribution is -0.135. The van der Waals surface area contributed by atoms with Gasteiger partial charge in [0.1, 0.15) is 0 Å². The van der Waals surface area contributed by atoms with Crippen LogP contribution < -0.4 is 5.32 Å². The molecule has 0 aliphatic carbocycles. The molecule has 0 saturated heterocycles. The Morgan fingerprint density at radius 3 is 2.37 bits per heavy atom. The number of nitrogens with one attached hydrogen (secondary N) is 1. The van der Waals surface area contributed by atoms with E-state index < -0.39 is 12.6 Å². The molecule has 1 N–H and O–H groups in total. The molecule has 1 rings (SSSR count). The average molecular weight is 338 g/mol. The molecule has 0 amide bonds. The van der Waals surface area contributed by atoms with Crippen LogP contribution >= 0.6 is 15.9 Å². The first-order valence-corrected chi connectivity index (χ1v) is 7.27. The van der Waals surface area contributed by atoms with E-state index in [-0.39, 0.29) is 12.5 Å². The molecule has 1 aromatic carbocycles. The van der Waals surface area contributed by atoms with E-state index in [0.29, 0.717) is 6.42 Å². The maximum atomic E-state index is 12.2. The van der Waals surface area contributed by atoms with Gasteiger partial charge in [0.2, 0.25) is 0 Å². The van der Waals surface area contributed by atoms with Crippen molar-refractivity contribution in [2.45, 2.75) is 44.8 Å². The molecule has 0 fully saturated rings. The third-order valence-corrected chi connectivity index (χ3v) is 3.39. The van der Waals surface area contributed by atoms with Crippen LogP contribution in [0.15, 0.2) is 28.7 Å². The number of hydrogen-bond acceptors (Lipinski definition) is 1. The average Bonchev–Trinajstić information content (AvgIpc) is 2.33. The summed E-state index contributed by atoms with van der Waals surface area (Å²) in [5.41, 5.74) is 1.04. The van der Waals surface area contributed by atoms with Gasteiger partial charge in [-0.15, -0.1) is 0 Å². The summed E-state index contributed by atoms with van der Waals surface area (Å²) in [6.45, 7) is 2.86. The summed E-state index contributed by atoms with van der Waals surface area (Å²) in [5, 5.41) is 3.31. The molecule has 19 heavy (non-hydrogen) atoms. The molecule has 0 aromatic heterocycles. The van der Waals surface area contributed by atoms with Crippen LogP contribution in [0.5, 0.6) is 0 Å². The highest BCUT2D eigenvalue weighted by molar-refractivity contribution is 9.10. The Balaban J connectivity index is 2.58. The van der Waals surface area contributed by atoms with Crippen LogP contribution in [0.1, 0.15) is 44.2 Å². The van der Waals surface area contributed by atoms with Gasteiger partial charge in [0, 0.05) is 16.9 Å². The van der Waals surface area contributed by atoms with Gasteiger partial charge in [-0.05, 0) is 43.5 Å². The van der Waals surface area contributed by atoms with E-state index in [1.54, 1.807) is 0 Å². The largest absolute Gasteiger partial charge is 0.389 e. The first-order chi connectivity index (χ1) is 8.92. The van der Waals surface area contributed by atoms with E-state index in [1.165, 1.54) is 0 Å². The standard InChI is InChI=1S/C14H19BrF3N/c1-2-10-19-13(4-3-9-14(16,17)18)11-5-7-12(15)8-6-11/h5-8,13,19H,2-4,9-10H2,1H3. The fourth-order valence-electron chi connectivity index (χ4n) is 1.91. The van der Waals surface area contributed by atoms with Crippen molar-refractivity contribution in [1.82, 2.24) is 5.32 Å². The van der Waals surface area contributed by atoms with E-state index in [2.05, 4.69) is 21.2 Å². The maximum absolute atomic E-state index is 12.2. The number of alkyl halides is 3. The normalized spacial score (nSPS) is 13.5. The Kier molecular flexibility index (Phi) is 6.86. The van der Waals surface area contributed by atoms with Crippen LogP contribution in [0, 0.1) is 0 Å². The second-order valence-corrected chi connectivity index (χ2v) is 5.48. The summed E-state index contributed by atoms with van der Waals surface area (Å²) in [6, 6.07) is 7.73. The van der Waals surface area contributed by atoms with Crippen LogP contribution in [-0.4, -0.2) is 12.7 Å². The van der Waals surface area contributed by atoms with E-state index in [0.717, 1.165) is 23.0 Å². The number of halogens is 4. The molecule has 1 atom stereocenters. The van der Waals surface area contributed by atoms with Crippen LogP contribution in [0.2, 0.25) is 0 Å². The molecule has 108 valence electrons. The quantitative estimate of drug-likeness (QED) is 0.718. The van der Waals surface area contributed by atoms with Gasteiger partial charge in [-0.3, -0.25) is 0 Å². The molecule has 0 heterocycles. The highest BCUT2D eigenvalue weighted by Gasteiger charge is 2.26. The fraction of sp³-hybridized carbons (Fsp3) is 0.571. The van der Waals surface area contributed by atoms with Crippen molar-refractivity contribution in [3.8, 4) is 0 Å². The first kappa shape index (κ1) is 16.5. The highest BCUT2D eigenvalue weighted by Crippen LogP contribution is 2.27. The minimum Gasteiger partial charge on any atom is -0.310 e. The fourth-order valence-corrected chi connectivity index (χ4v) is 2.17. The van der Waals surface area contributed by atoms with Crippen molar-refractivity contribution in [2.75, 3.05) is 6.54 Å². The van der Waals surface area contributed by atoms with E-state index >= 15 is 0 Å². The number of hydrogen-bond donors (Lipinski definition) is 1. The summed E-state index contributed by atoms with van der Waals surface area (Å²) in [7, 11) is 0. The van der Waals surface area contributed by atoms with Gasteiger partial charge in [0.25, 0.3) is 0 Å². The topological polar surface area (TPSA) is 12.0 Å². The second kappa shape index (κ2) is 7.90. The molecule has 5 heteroatoms. The summed E-state index contributed by atoms with van der Waals surface area (Å²) >= 11 is 3.36. The van der Waals surface area contributed by atoms with Gasteiger partial charge in [0.05, 0.1) is 0 Å². The van der Waals surface area contributed by atoms with Crippen molar-refractivity contribution in [1.29, 1.82) is 0 Å². The Bertz CT molecular complexity index is 362. The molecule has 0 saturated carbocycles. The summed E-state index contributed by atoms with van der Waals surface area (Å²) in [6.07, 6.45) is -3.16. The Hall–Kier alpha value is -0.550. The maximum Gasteiger partial charge on any atom is 0.389 e. The molecule has 1 nitrogen and oxygen atoms in total. The number of rotatable bonds is 7. The molecule has 0 radical (unpaired) electrons. The van der Waals surface area contributed by atoms with Crippen molar-refractivity contribution in [2.24, 2.45) is 0 Å². The van der Waals surface area contributed by atoms with Gasteiger partial charge in [-0.2, -0.15) is 13.2 Å². The van der Waals surface area contributed by atoms with E-state index in [9.17, 15) is 13.2 Å². The van der Waals surface area contributed by atoms with Gasteiger partial charge < -0.3 is 5.32 Å².